The first-order valence-electron chi connectivity index (χ1n) is 6.20. The Morgan fingerprint density at radius 1 is 1.39 bits per heavy atom. The van der Waals surface area contributed by atoms with Crippen LogP contribution < -0.4 is 5.32 Å². The molecule has 0 saturated heterocycles. The van der Waals surface area contributed by atoms with Gasteiger partial charge in [-0.15, -0.1) is 0 Å². The predicted octanol–water partition coefficient (Wildman–Crippen LogP) is 2.97. The number of carbonyl (C=O) groups excluding carboxylic acids is 1. The molecule has 106 valence electrons. The van der Waals surface area contributed by atoms with E-state index < -0.39 is 17.6 Å². The first-order chi connectivity index (χ1) is 8.41. The van der Waals surface area contributed by atoms with Crippen LogP contribution in [0.1, 0.15) is 46.0 Å². The molecule has 0 bridgehead atoms. The lowest BCUT2D eigenvalue weighted by Crippen LogP contribution is -2.31. The molecule has 1 unspecified atom stereocenters. The molecule has 1 atom stereocenters. The van der Waals surface area contributed by atoms with Gasteiger partial charge in [-0.05, 0) is 25.7 Å². The highest BCUT2D eigenvalue weighted by Gasteiger charge is 2.14. The summed E-state index contributed by atoms with van der Waals surface area (Å²) in [5.41, 5.74) is -0.554. The molecule has 0 spiro atoms. The van der Waals surface area contributed by atoms with E-state index in [0.717, 1.165) is 13.5 Å². The third-order valence-electron chi connectivity index (χ3n) is 2.53. The average molecular weight is 280 g/mol. The molecule has 5 nitrogen and oxygen atoms in total. The Bertz CT molecular complexity index is 248. The molecule has 1 amide bonds. The summed E-state index contributed by atoms with van der Waals surface area (Å²) in [5, 5.41) is 10.2. The Hall–Kier alpha value is -0.970. The van der Waals surface area contributed by atoms with Gasteiger partial charge in [-0.3, -0.25) is 4.79 Å². The number of halogens is 1. The second kappa shape index (κ2) is 10.00. The van der Waals surface area contributed by atoms with Crippen molar-refractivity contribution < 1.29 is 19.4 Å². The number of amides is 1. The molecule has 0 aromatic carbocycles. The minimum Gasteiger partial charge on any atom is -0.481 e. The summed E-state index contributed by atoms with van der Waals surface area (Å²) in [7, 11) is 0. The van der Waals surface area contributed by atoms with Crippen molar-refractivity contribution in [1.29, 1.82) is 0 Å². The first kappa shape index (κ1) is 17.0. The molecule has 1 aliphatic carbocycles. The van der Waals surface area contributed by atoms with E-state index in [9.17, 15) is 4.79 Å². The van der Waals surface area contributed by atoms with Crippen LogP contribution in [0.3, 0.4) is 0 Å². The highest BCUT2D eigenvalue weighted by molar-refractivity contribution is 6.19. The molecule has 0 aromatic rings. The third kappa shape index (κ3) is 11.5. The summed E-state index contributed by atoms with van der Waals surface area (Å²) < 4.78 is 4.76. The van der Waals surface area contributed by atoms with E-state index in [1.54, 1.807) is 6.92 Å². The smallest absolute Gasteiger partial charge is 0.408 e. The SMILES string of the molecule is CC(=O)O.CC(Cl)OC(=O)NCC1CCCCC1. The molecule has 0 aromatic heterocycles. The lowest BCUT2D eigenvalue weighted by Gasteiger charge is -2.21. The predicted molar refractivity (Wildman–Crippen MR) is 69.7 cm³/mol. The van der Waals surface area contributed by atoms with Crippen LogP contribution >= 0.6 is 11.6 Å². The number of hydrogen-bond acceptors (Lipinski definition) is 3. The largest absolute Gasteiger partial charge is 0.481 e. The summed E-state index contributed by atoms with van der Waals surface area (Å²) in [4.78, 5) is 20.1. The molecular formula is C12H22ClNO4. The molecular weight excluding hydrogens is 258 g/mol. The fourth-order valence-corrected chi connectivity index (χ4v) is 1.89. The number of carboxylic acid groups (broad SMARTS) is 1. The van der Waals surface area contributed by atoms with E-state index in [1.807, 2.05) is 0 Å². The van der Waals surface area contributed by atoms with Gasteiger partial charge in [-0.2, -0.15) is 0 Å². The van der Waals surface area contributed by atoms with Gasteiger partial charge in [0.2, 0.25) is 0 Å². The van der Waals surface area contributed by atoms with Crippen molar-refractivity contribution in [2.45, 2.75) is 51.5 Å². The van der Waals surface area contributed by atoms with Crippen LogP contribution in [0, 0.1) is 5.92 Å². The molecule has 1 rings (SSSR count). The van der Waals surface area contributed by atoms with E-state index in [2.05, 4.69) is 5.32 Å². The standard InChI is InChI=1S/C10H18ClNO2.C2H4O2/c1-8(11)14-10(13)12-7-9-5-3-2-4-6-9;1-2(3)4/h8-9H,2-7H2,1H3,(H,12,13);1H3,(H,3,4). The molecule has 2 N–H and O–H groups in total. The summed E-state index contributed by atoms with van der Waals surface area (Å²) in [5.74, 6) is -0.207. The molecule has 0 radical (unpaired) electrons. The monoisotopic (exact) mass is 279 g/mol. The Morgan fingerprint density at radius 3 is 2.33 bits per heavy atom. The van der Waals surface area contributed by atoms with Gasteiger partial charge in [0.25, 0.3) is 5.97 Å². The number of alkyl halides is 1. The van der Waals surface area contributed by atoms with Crippen molar-refractivity contribution >= 4 is 23.7 Å². The van der Waals surface area contributed by atoms with Crippen molar-refractivity contribution in [3.8, 4) is 0 Å². The quantitative estimate of drug-likeness (QED) is 0.779. The van der Waals surface area contributed by atoms with E-state index in [4.69, 9.17) is 26.2 Å². The van der Waals surface area contributed by atoms with Crippen molar-refractivity contribution in [1.82, 2.24) is 5.32 Å². The summed E-state index contributed by atoms with van der Waals surface area (Å²) in [6.07, 6.45) is 5.94. The molecule has 0 heterocycles. The Kier molecular flexibility index (Phi) is 9.46. The van der Waals surface area contributed by atoms with Crippen LogP contribution in [-0.4, -0.2) is 29.3 Å². The van der Waals surface area contributed by atoms with E-state index in [1.165, 1.54) is 32.1 Å². The van der Waals surface area contributed by atoms with E-state index >= 15 is 0 Å². The molecule has 0 aliphatic heterocycles. The van der Waals surface area contributed by atoms with Crippen LogP contribution in [0.4, 0.5) is 4.79 Å². The number of alkyl carbamates (subject to hydrolysis) is 1. The van der Waals surface area contributed by atoms with Gasteiger partial charge in [0, 0.05) is 13.5 Å². The first-order valence-corrected chi connectivity index (χ1v) is 6.63. The van der Waals surface area contributed by atoms with Gasteiger partial charge in [0.1, 0.15) is 0 Å². The molecule has 1 saturated carbocycles. The average Bonchev–Trinajstić information content (AvgIpc) is 2.26. The summed E-state index contributed by atoms with van der Waals surface area (Å²) >= 11 is 5.51. The molecule has 18 heavy (non-hydrogen) atoms. The normalized spacial score (nSPS) is 17.1. The van der Waals surface area contributed by atoms with Crippen molar-refractivity contribution in [2.24, 2.45) is 5.92 Å². The zero-order chi connectivity index (χ0) is 14.0. The lowest BCUT2D eigenvalue weighted by atomic mass is 9.89. The molecule has 6 heteroatoms. The maximum absolute atomic E-state index is 11.1. The van der Waals surface area contributed by atoms with Crippen LogP contribution in [0.5, 0.6) is 0 Å². The topological polar surface area (TPSA) is 75.6 Å². The zero-order valence-corrected chi connectivity index (χ0v) is 11.7. The number of nitrogens with one attached hydrogen (secondary N) is 1. The van der Waals surface area contributed by atoms with Crippen molar-refractivity contribution in [3.63, 3.8) is 0 Å². The number of hydrogen-bond donors (Lipinski definition) is 2. The van der Waals surface area contributed by atoms with Gasteiger partial charge >= 0.3 is 6.09 Å². The maximum Gasteiger partial charge on any atom is 0.408 e. The van der Waals surface area contributed by atoms with Crippen LogP contribution in [-0.2, 0) is 9.53 Å². The van der Waals surface area contributed by atoms with Crippen LogP contribution in [0.25, 0.3) is 0 Å². The molecule has 1 aliphatic rings. The Morgan fingerprint density at radius 2 is 1.89 bits per heavy atom. The highest BCUT2D eigenvalue weighted by Crippen LogP contribution is 2.22. The van der Waals surface area contributed by atoms with Gasteiger partial charge < -0.3 is 15.2 Å². The van der Waals surface area contributed by atoms with Gasteiger partial charge in [-0.1, -0.05) is 30.9 Å². The van der Waals surface area contributed by atoms with E-state index in [0.29, 0.717) is 5.92 Å². The minimum absolute atomic E-state index is 0.405. The zero-order valence-electron chi connectivity index (χ0n) is 10.9. The number of rotatable bonds is 3. The van der Waals surface area contributed by atoms with E-state index in [-0.39, 0.29) is 0 Å². The second-order valence-corrected chi connectivity index (χ2v) is 4.97. The Balaban J connectivity index is 0.000000631. The van der Waals surface area contributed by atoms with Crippen molar-refractivity contribution in [3.05, 3.63) is 0 Å². The maximum atomic E-state index is 11.1. The number of ether oxygens (including phenoxy) is 1. The number of carbonyl (C=O) groups is 2. The minimum atomic E-state index is -0.833. The number of carboxylic acids is 1. The van der Waals surface area contributed by atoms with Gasteiger partial charge in [0.15, 0.2) is 5.56 Å². The fraction of sp³-hybridized carbons (Fsp3) is 0.833. The Labute approximate surface area is 113 Å². The van der Waals surface area contributed by atoms with Crippen LogP contribution in [0.15, 0.2) is 0 Å². The van der Waals surface area contributed by atoms with Crippen molar-refractivity contribution in [2.75, 3.05) is 6.54 Å². The van der Waals surface area contributed by atoms with Gasteiger partial charge in [-0.25, -0.2) is 4.79 Å². The van der Waals surface area contributed by atoms with Crippen LogP contribution in [0.2, 0.25) is 0 Å². The lowest BCUT2D eigenvalue weighted by molar-refractivity contribution is -0.134. The number of aliphatic carboxylic acids is 1. The fourth-order valence-electron chi connectivity index (χ4n) is 1.81. The summed E-state index contributed by atoms with van der Waals surface area (Å²) in [6.45, 7) is 3.43. The molecule has 1 fully saturated rings. The summed E-state index contributed by atoms with van der Waals surface area (Å²) in [6, 6.07) is 0. The third-order valence-corrected chi connectivity index (χ3v) is 2.62. The second-order valence-electron chi connectivity index (χ2n) is 4.35. The highest BCUT2D eigenvalue weighted by atomic mass is 35.5. The van der Waals surface area contributed by atoms with Gasteiger partial charge in [0.05, 0.1) is 0 Å².